The number of hydrogen-bond acceptors (Lipinski definition) is 20. The molecule has 62 heavy (non-hydrogen) atoms. The third kappa shape index (κ3) is 12.7. The van der Waals surface area contributed by atoms with Crippen molar-refractivity contribution in [3.8, 4) is 11.1 Å². The maximum atomic E-state index is 13.1. The van der Waals surface area contributed by atoms with E-state index in [0.29, 0.717) is 0 Å². The summed E-state index contributed by atoms with van der Waals surface area (Å²) in [5.41, 5.74) is -1.27. The van der Waals surface area contributed by atoms with Crippen LogP contribution in [0.25, 0.3) is 11.1 Å². The number of hydrogen-bond donors (Lipinski definition) is 0. The molecule has 0 saturated heterocycles. The number of anilines is 2. The molecule has 4 aromatic rings. The molecule has 0 saturated carbocycles. The van der Waals surface area contributed by atoms with Crippen molar-refractivity contribution in [2.45, 2.75) is 45.5 Å². The third-order valence-corrected chi connectivity index (χ3v) is 11.7. The molecule has 0 bridgehead atoms. The van der Waals surface area contributed by atoms with Crippen molar-refractivity contribution >= 4 is 86.5 Å². The number of azo groups is 2. The summed E-state index contributed by atoms with van der Waals surface area (Å²) in [4.78, 5) is 23.0. The monoisotopic (exact) mass is 962 g/mol. The minimum Gasteiger partial charge on any atom is -0.744 e. The van der Waals surface area contributed by atoms with Crippen LogP contribution in [0.3, 0.4) is 0 Å². The van der Waals surface area contributed by atoms with Crippen molar-refractivity contribution in [2.75, 3.05) is 10.0 Å². The average Bonchev–Trinajstić information content (AvgIpc) is 3.59. The predicted molar refractivity (Wildman–Crippen MR) is 194 cm³/mol. The largest absolute Gasteiger partial charge is 1.00 e. The molecular formula is C32H22N8Na4O14S4. The van der Waals surface area contributed by atoms with E-state index < -0.39 is 95.1 Å². The van der Waals surface area contributed by atoms with Gasteiger partial charge in [-0.05, 0) is 86.6 Å². The maximum Gasteiger partial charge on any atom is 1.00 e. The van der Waals surface area contributed by atoms with Gasteiger partial charge in [0, 0.05) is 11.1 Å². The van der Waals surface area contributed by atoms with Crippen LogP contribution in [0, 0.1) is 0 Å². The molecule has 0 aromatic heterocycles. The smallest absolute Gasteiger partial charge is 0.744 e. The molecule has 30 heteroatoms. The minimum absolute atomic E-state index is 0. The zero-order valence-corrected chi connectivity index (χ0v) is 44.4. The van der Waals surface area contributed by atoms with Gasteiger partial charge in [0.1, 0.15) is 40.5 Å². The molecule has 6 rings (SSSR count). The quantitative estimate of drug-likeness (QED) is 0.0766. The van der Waals surface area contributed by atoms with Crippen LogP contribution in [-0.4, -0.2) is 87.2 Å². The van der Waals surface area contributed by atoms with Crippen molar-refractivity contribution in [2.24, 2.45) is 30.7 Å². The molecule has 22 nitrogen and oxygen atoms in total. The molecule has 2 atom stereocenters. The predicted octanol–water partition coefficient (Wildman–Crippen LogP) is -9.26. The van der Waals surface area contributed by atoms with Gasteiger partial charge in [-0.2, -0.15) is 40.7 Å². The normalized spacial score (nSPS) is 16.9. The van der Waals surface area contributed by atoms with Gasteiger partial charge in [0.25, 0.3) is 11.8 Å². The molecule has 0 radical (unpaired) electrons. The van der Waals surface area contributed by atoms with Crippen LogP contribution in [0.2, 0.25) is 0 Å². The standard InChI is InChI=1S/C32H26N8O14S4.4Na/c1-17-29(31(41)39(37-17)21-5-9-23(10-6-21)55(43,44)45)35-33-19-3-13-25(27(15-19)57(49,50)51)26-14-4-20(16-28(26)58(52,53)54)34-36-30-18(2)38-40(32(30)42)22-7-11-24(12-8-22)56(46,47)48;;;;/h3-16,29-30H,1-2H3,(H,43,44,45)(H,46,47,48)(H,49,50,51)(H,52,53,54);;;;/q;4*+1/p-4. The Bertz CT molecular complexity index is 2790. The van der Waals surface area contributed by atoms with Gasteiger partial charge in [0.2, 0.25) is 0 Å². The summed E-state index contributed by atoms with van der Waals surface area (Å²) < 4.78 is 142. The molecule has 2 amide bonds. The second-order valence-corrected chi connectivity index (χ2v) is 17.6. The topological polar surface area (TPSA) is 344 Å². The molecule has 0 aliphatic carbocycles. The van der Waals surface area contributed by atoms with Crippen molar-refractivity contribution in [1.29, 1.82) is 0 Å². The summed E-state index contributed by atoms with van der Waals surface area (Å²) in [5, 5.41) is 25.4. The average molecular weight is 963 g/mol. The van der Waals surface area contributed by atoms with Crippen LogP contribution in [0.15, 0.2) is 135 Å². The third-order valence-electron chi connectivity index (χ3n) is 8.27. The van der Waals surface area contributed by atoms with Crippen molar-refractivity contribution in [3.63, 3.8) is 0 Å². The van der Waals surface area contributed by atoms with E-state index in [4.69, 9.17) is 0 Å². The van der Waals surface area contributed by atoms with Crippen molar-refractivity contribution < 1.29 is 180 Å². The Kier molecular flexibility index (Phi) is 19.5. The van der Waals surface area contributed by atoms with E-state index in [-0.39, 0.29) is 152 Å². The Hall–Kier alpha value is -2.00. The van der Waals surface area contributed by atoms with Crippen LogP contribution in [0.1, 0.15) is 13.8 Å². The van der Waals surface area contributed by atoms with Gasteiger partial charge in [-0.3, -0.25) is 9.59 Å². The van der Waals surface area contributed by atoms with Gasteiger partial charge in [-0.1, -0.05) is 12.1 Å². The molecule has 4 aromatic carbocycles. The number of amides is 2. The molecular weight excluding hydrogens is 941 g/mol. The summed E-state index contributed by atoms with van der Waals surface area (Å²) in [6, 6.07) is 11.5. The Labute approximate surface area is 442 Å². The van der Waals surface area contributed by atoms with E-state index >= 15 is 0 Å². The summed E-state index contributed by atoms with van der Waals surface area (Å²) in [5.74, 6) is -1.53. The number of hydrazone groups is 2. The van der Waals surface area contributed by atoms with E-state index in [2.05, 4.69) is 30.7 Å². The Morgan fingerprint density at radius 1 is 0.484 bits per heavy atom. The fourth-order valence-corrected chi connectivity index (χ4v) is 7.87. The van der Waals surface area contributed by atoms with Gasteiger partial charge < -0.3 is 18.2 Å². The van der Waals surface area contributed by atoms with Gasteiger partial charge in [-0.15, -0.1) is 0 Å². The second-order valence-electron chi connectivity index (χ2n) is 12.2. The van der Waals surface area contributed by atoms with Gasteiger partial charge in [0.05, 0.1) is 53.8 Å². The van der Waals surface area contributed by atoms with Crippen LogP contribution < -0.4 is 128 Å². The van der Waals surface area contributed by atoms with E-state index in [1.807, 2.05) is 0 Å². The van der Waals surface area contributed by atoms with E-state index in [0.717, 1.165) is 94.9 Å². The van der Waals surface area contributed by atoms with E-state index in [9.17, 15) is 61.5 Å². The molecule has 2 aliphatic rings. The fourth-order valence-electron chi connectivity index (χ4n) is 5.51. The summed E-state index contributed by atoms with van der Waals surface area (Å²) in [6.45, 7) is 2.82. The SMILES string of the molecule is CC1=NN(c2ccc(S(=O)(=O)[O-])cc2)C(=O)C1N=Nc1ccc(-c2ccc(N=NC3C(=O)N(c4ccc(S(=O)(=O)[O-])cc4)N=C3C)cc2S(=O)(=O)[O-])c(S(=O)(=O)[O-])c1.[Na+].[Na+].[Na+].[Na+]. The summed E-state index contributed by atoms with van der Waals surface area (Å²) in [7, 11) is -20.4. The van der Waals surface area contributed by atoms with Crippen LogP contribution in [-0.2, 0) is 50.1 Å². The van der Waals surface area contributed by atoms with Crippen molar-refractivity contribution in [1.82, 2.24) is 0 Å². The maximum absolute atomic E-state index is 13.1. The number of carbonyl (C=O) groups excluding carboxylic acids is 2. The van der Waals surface area contributed by atoms with Crippen molar-refractivity contribution in [3.05, 3.63) is 84.9 Å². The first-order chi connectivity index (χ1) is 26.9. The first-order valence-electron chi connectivity index (χ1n) is 15.9. The molecule has 2 unspecified atom stereocenters. The zero-order chi connectivity index (χ0) is 42.5. The van der Waals surface area contributed by atoms with Crippen LogP contribution in [0.4, 0.5) is 22.7 Å². The molecule has 0 spiro atoms. The first-order valence-corrected chi connectivity index (χ1v) is 21.5. The minimum atomic E-state index is -5.42. The first kappa shape index (κ1) is 56.1. The van der Waals surface area contributed by atoms with E-state index in [1.165, 1.54) is 13.8 Å². The molecule has 2 heterocycles. The molecule has 0 fully saturated rings. The Morgan fingerprint density at radius 2 is 0.790 bits per heavy atom. The number of benzene rings is 4. The molecule has 2 aliphatic heterocycles. The van der Waals surface area contributed by atoms with E-state index in [1.54, 1.807) is 0 Å². The zero-order valence-electron chi connectivity index (χ0n) is 33.2. The van der Waals surface area contributed by atoms with Gasteiger partial charge >= 0.3 is 118 Å². The Balaban J connectivity index is 0.00000331. The van der Waals surface area contributed by atoms with Gasteiger partial charge in [0.15, 0.2) is 12.1 Å². The number of nitrogens with zero attached hydrogens (tertiary/aromatic N) is 8. The van der Waals surface area contributed by atoms with Crippen LogP contribution >= 0.6 is 0 Å². The summed E-state index contributed by atoms with van der Waals surface area (Å²) in [6.07, 6.45) is 0. The second kappa shape index (κ2) is 21.5. The molecule has 302 valence electrons. The van der Waals surface area contributed by atoms with Crippen LogP contribution in [0.5, 0.6) is 0 Å². The number of rotatable bonds is 11. The van der Waals surface area contributed by atoms with Gasteiger partial charge in [-0.25, -0.2) is 33.7 Å². The molecule has 0 N–H and O–H groups in total. The summed E-state index contributed by atoms with van der Waals surface area (Å²) >= 11 is 0. The number of carbonyl (C=O) groups is 2. The Morgan fingerprint density at radius 3 is 1.06 bits per heavy atom. The fraction of sp³-hybridized carbons (Fsp3) is 0.125.